The van der Waals surface area contributed by atoms with Gasteiger partial charge >= 0.3 is 5.97 Å². The predicted molar refractivity (Wildman–Crippen MR) is 106 cm³/mol. The minimum absolute atomic E-state index is 0.0741. The lowest BCUT2D eigenvalue weighted by molar-refractivity contribution is 0.0531. The van der Waals surface area contributed by atoms with Gasteiger partial charge in [0, 0.05) is 5.39 Å². The fourth-order valence-electron chi connectivity index (χ4n) is 3.40. The molecule has 0 amide bonds. The van der Waals surface area contributed by atoms with Crippen molar-refractivity contribution in [2.75, 3.05) is 6.61 Å². The van der Waals surface area contributed by atoms with Gasteiger partial charge in [-0.3, -0.25) is 0 Å². The van der Waals surface area contributed by atoms with Gasteiger partial charge in [-0.05, 0) is 37.6 Å². The van der Waals surface area contributed by atoms with Gasteiger partial charge in [0.1, 0.15) is 11.9 Å². The SMILES string of the molecule is CCOC(=O)c1c2ccccc2n2cc(OC(C)c3ccccc3)ccc12. The van der Waals surface area contributed by atoms with E-state index in [4.69, 9.17) is 9.47 Å². The number of nitrogens with zero attached hydrogens (tertiary/aromatic N) is 1. The number of pyridine rings is 1. The highest BCUT2D eigenvalue weighted by Crippen LogP contribution is 2.30. The Balaban J connectivity index is 1.78. The molecule has 1 unspecified atom stereocenters. The lowest BCUT2D eigenvalue weighted by Gasteiger charge is -2.15. The summed E-state index contributed by atoms with van der Waals surface area (Å²) < 4.78 is 13.4. The molecule has 4 rings (SSSR count). The van der Waals surface area contributed by atoms with E-state index in [2.05, 4.69) is 0 Å². The van der Waals surface area contributed by atoms with Gasteiger partial charge in [0.15, 0.2) is 0 Å². The standard InChI is InChI=1S/C23H21NO3/c1-3-26-23(25)22-19-11-7-8-12-20(19)24-15-18(13-14-21(22)24)27-16(2)17-9-5-4-6-10-17/h4-16H,3H2,1-2H3. The van der Waals surface area contributed by atoms with Gasteiger partial charge in [0.25, 0.3) is 0 Å². The minimum Gasteiger partial charge on any atom is -0.484 e. The molecule has 0 aliphatic rings. The normalized spacial score (nSPS) is 12.2. The molecule has 0 radical (unpaired) electrons. The molecule has 0 saturated heterocycles. The van der Waals surface area contributed by atoms with Gasteiger partial charge in [-0.25, -0.2) is 4.79 Å². The van der Waals surface area contributed by atoms with Gasteiger partial charge in [0.05, 0.1) is 29.4 Å². The number of carbonyl (C=O) groups excluding carboxylic acids is 1. The number of esters is 1. The van der Waals surface area contributed by atoms with E-state index in [0.717, 1.165) is 27.7 Å². The number of para-hydroxylation sites is 1. The maximum Gasteiger partial charge on any atom is 0.340 e. The second-order valence-electron chi connectivity index (χ2n) is 6.40. The molecule has 27 heavy (non-hydrogen) atoms. The molecule has 0 aliphatic heterocycles. The van der Waals surface area contributed by atoms with E-state index in [1.54, 1.807) is 0 Å². The third-order valence-electron chi connectivity index (χ3n) is 4.67. The van der Waals surface area contributed by atoms with Crippen LogP contribution in [0.15, 0.2) is 72.9 Å². The molecule has 0 spiro atoms. The Morgan fingerprint density at radius 3 is 2.48 bits per heavy atom. The van der Waals surface area contributed by atoms with E-state index in [0.29, 0.717) is 12.2 Å². The van der Waals surface area contributed by atoms with Crippen molar-refractivity contribution in [3.8, 4) is 5.75 Å². The van der Waals surface area contributed by atoms with Crippen LogP contribution in [0.2, 0.25) is 0 Å². The summed E-state index contributed by atoms with van der Waals surface area (Å²) in [5.41, 5.74) is 3.47. The van der Waals surface area contributed by atoms with Gasteiger partial charge < -0.3 is 13.9 Å². The van der Waals surface area contributed by atoms with Crippen LogP contribution in [-0.2, 0) is 4.74 Å². The van der Waals surface area contributed by atoms with Crippen LogP contribution >= 0.6 is 0 Å². The number of benzene rings is 2. The number of aromatic nitrogens is 1. The van der Waals surface area contributed by atoms with Gasteiger partial charge in [0.2, 0.25) is 0 Å². The smallest absolute Gasteiger partial charge is 0.340 e. The van der Waals surface area contributed by atoms with Gasteiger partial charge in [-0.15, -0.1) is 0 Å². The highest BCUT2D eigenvalue weighted by molar-refractivity contribution is 6.11. The average Bonchev–Trinajstić information content (AvgIpc) is 3.03. The molecule has 2 aromatic heterocycles. The highest BCUT2D eigenvalue weighted by Gasteiger charge is 2.19. The van der Waals surface area contributed by atoms with Crippen LogP contribution in [0.4, 0.5) is 0 Å². The maximum absolute atomic E-state index is 12.5. The quantitative estimate of drug-likeness (QED) is 0.447. The van der Waals surface area contributed by atoms with E-state index in [9.17, 15) is 4.79 Å². The molecule has 4 aromatic rings. The van der Waals surface area contributed by atoms with Crippen molar-refractivity contribution < 1.29 is 14.3 Å². The van der Waals surface area contributed by atoms with E-state index in [1.807, 2.05) is 91.2 Å². The van der Waals surface area contributed by atoms with Gasteiger partial charge in [-0.2, -0.15) is 0 Å². The number of hydrogen-bond acceptors (Lipinski definition) is 3. The van der Waals surface area contributed by atoms with E-state index < -0.39 is 0 Å². The molecule has 4 heteroatoms. The molecule has 0 saturated carbocycles. The minimum atomic E-state index is -0.303. The summed E-state index contributed by atoms with van der Waals surface area (Å²) in [5.74, 6) is 0.442. The number of carbonyl (C=O) groups is 1. The van der Waals surface area contributed by atoms with Crippen molar-refractivity contribution in [1.82, 2.24) is 4.40 Å². The number of hydrogen-bond donors (Lipinski definition) is 0. The summed E-state index contributed by atoms with van der Waals surface area (Å²) in [4.78, 5) is 12.5. The number of ether oxygens (including phenoxy) is 2. The van der Waals surface area contributed by atoms with Crippen LogP contribution in [0.1, 0.15) is 35.9 Å². The lowest BCUT2D eigenvalue weighted by atomic mass is 10.1. The van der Waals surface area contributed by atoms with Crippen LogP contribution in [0.5, 0.6) is 5.75 Å². The molecule has 0 fully saturated rings. The molecule has 1 atom stereocenters. The Morgan fingerprint density at radius 1 is 0.963 bits per heavy atom. The fraction of sp³-hybridized carbons (Fsp3) is 0.174. The first-order valence-corrected chi connectivity index (χ1v) is 9.10. The molecule has 4 nitrogen and oxygen atoms in total. The molecule has 0 aliphatic carbocycles. The van der Waals surface area contributed by atoms with E-state index >= 15 is 0 Å². The summed E-state index contributed by atoms with van der Waals surface area (Å²) in [5, 5.41) is 0.879. The second kappa shape index (κ2) is 7.16. The number of rotatable bonds is 5. The molecule has 136 valence electrons. The van der Waals surface area contributed by atoms with Crippen LogP contribution in [0.25, 0.3) is 16.4 Å². The third-order valence-corrected chi connectivity index (χ3v) is 4.67. The van der Waals surface area contributed by atoms with Crippen molar-refractivity contribution >= 4 is 22.4 Å². The Morgan fingerprint density at radius 2 is 1.70 bits per heavy atom. The Labute approximate surface area is 158 Å². The van der Waals surface area contributed by atoms with Crippen LogP contribution < -0.4 is 4.74 Å². The van der Waals surface area contributed by atoms with Crippen molar-refractivity contribution in [3.05, 3.63) is 84.1 Å². The Hall–Kier alpha value is -3.27. The third kappa shape index (κ3) is 3.14. The summed E-state index contributed by atoms with van der Waals surface area (Å²) in [6.07, 6.45) is 1.86. The number of fused-ring (bicyclic) bond motifs is 3. The van der Waals surface area contributed by atoms with Crippen LogP contribution in [0.3, 0.4) is 0 Å². The topological polar surface area (TPSA) is 39.9 Å². The van der Waals surface area contributed by atoms with Crippen molar-refractivity contribution in [1.29, 1.82) is 0 Å². The van der Waals surface area contributed by atoms with Crippen LogP contribution in [-0.4, -0.2) is 17.0 Å². The zero-order valence-electron chi connectivity index (χ0n) is 15.4. The molecular weight excluding hydrogens is 338 g/mol. The van der Waals surface area contributed by atoms with Crippen molar-refractivity contribution in [2.24, 2.45) is 0 Å². The van der Waals surface area contributed by atoms with Crippen molar-refractivity contribution in [2.45, 2.75) is 20.0 Å². The largest absolute Gasteiger partial charge is 0.484 e. The monoisotopic (exact) mass is 359 g/mol. The van der Waals surface area contributed by atoms with E-state index in [-0.39, 0.29) is 12.1 Å². The van der Waals surface area contributed by atoms with Crippen molar-refractivity contribution in [3.63, 3.8) is 0 Å². The first-order chi connectivity index (χ1) is 13.2. The average molecular weight is 359 g/mol. The molecule has 2 heterocycles. The maximum atomic E-state index is 12.5. The first-order valence-electron chi connectivity index (χ1n) is 9.10. The molecule has 0 bridgehead atoms. The van der Waals surface area contributed by atoms with E-state index in [1.165, 1.54) is 0 Å². The molecular formula is C23H21NO3. The Bertz CT molecular complexity index is 1100. The zero-order valence-corrected chi connectivity index (χ0v) is 15.4. The Kier molecular flexibility index (Phi) is 4.55. The highest BCUT2D eigenvalue weighted by atomic mass is 16.5. The van der Waals surface area contributed by atoms with Crippen LogP contribution in [0, 0.1) is 0 Å². The summed E-state index contributed by atoms with van der Waals surface area (Å²) >= 11 is 0. The first kappa shape index (κ1) is 17.2. The summed E-state index contributed by atoms with van der Waals surface area (Å²) in [6.45, 7) is 4.19. The summed E-state index contributed by atoms with van der Waals surface area (Å²) in [6, 6.07) is 21.7. The zero-order chi connectivity index (χ0) is 18.8. The molecule has 0 N–H and O–H groups in total. The molecule has 2 aromatic carbocycles. The lowest BCUT2D eigenvalue weighted by Crippen LogP contribution is -2.05. The fourth-order valence-corrected chi connectivity index (χ4v) is 3.40. The second-order valence-corrected chi connectivity index (χ2v) is 6.40. The summed E-state index contributed by atoms with van der Waals surface area (Å²) in [7, 11) is 0. The predicted octanol–water partition coefficient (Wildman–Crippen LogP) is 5.41. The van der Waals surface area contributed by atoms with Gasteiger partial charge in [-0.1, -0.05) is 48.5 Å².